The highest BCUT2D eigenvalue weighted by molar-refractivity contribution is 5.85. The lowest BCUT2D eigenvalue weighted by Crippen LogP contribution is -2.47. The highest BCUT2D eigenvalue weighted by atomic mass is 35.5. The van der Waals surface area contributed by atoms with Crippen molar-refractivity contribution in [3.63, 3.8) is 0 Å². The van der Waals surface area contributed by atoms with Crippen LogP contribution < -0.4 is 5.32 Å². The van der Waals surface area contributed by atoms with Crippen molar-refractivity contribution in [1.82, 2.24) is 10.2 Å². The van der Waals surface area contributed by atoms with Crippen LogP contribution in [-0.4, -0.2) is 37.5 Å². The van der Waals surface area contributed by atoms with Gasteiger partial charge in [0.25, 0.3) is 6.43 Å². The SMILES string of the molecule is Cl.Cl.Fc1cc(F)c([C@H](C(F)F)N2CCNCC2)c(F)c1. The van der Waals surface area contributed by atoms with E-state index >= 15 is 0 Å². The molecule has 1 heterocycles. The molecule has 1 aliphatic rings. The molecule has 0 spiro atoms. The zero-order valence-electron chi connectivity index (χ0n) is 10.8. The maximum absolute atomic E-state index is 13.6. The molecule has 1 aromatic rings. The van der Waals surface area contributed by atoms with Gasteiger partial charge in [-0.25, -0.2) is 22.0 Å². The van der Waals surface area contributed by atoms with Gasteiger partial charge in [-0.1, -0.05) is 0 Å². The van der Waals surface area contributed by atoms with E-state index in [-0.39, 0.29) is 37.9 Å². The Labute approximate surface area is 131 Å². The van der Waals surface area contributed by atoms with Crippen LogP contribution in [0.25, 0.3) is 0 Å². The number of alkyl halides is 2. The summed E-state index contributed by atoms with van der Waals surface area (Å²) in [6.07, 6.45) is -2.95. The quantitative estimate of drug-likeness (QED) is 0.840. The van der Waals surface area contributed by atoms with Crippen LogP contribution in [0.2, 0.25) is 0 Å². The van der Waals surface area contributed by atoms with Crippen molar-refractivity contribution in [2.45, 2.75) is 12.5 Å². The van der Waals surface area contributed by atoms with Crippen molar-refractivity contribution in [3.05, 3.63) is 35.1 Å². The Bertz CT molecular complexity index is 432. The number of nitrogens with zero attached hydrogens (tertiary/aromatic N) is 1. The molecule has 1 aliphatic heterocycles. The van der Waals surface area contributed by atoms with Crippen LogP contribution >= 0.6 is 24.8 Å². The van der Waals surface area contributed by atoms with E-state index in [1.807, 2.05) is 0 Å². The van der Waals surface area contributed by atoms with Crippen molar-refractivity contribution in [3.8, 4) is 0 Å². The number of nitrogens with one attached hydrogen (secondary N) is 1. The Morgan fingerprint density at radius 3 is 1.86 bits per heavy atom. The molecule has 9 heteroatoms. The second-order valence-electron chi connectivity index (χ2n) is 4.35. The number of hydrogen-bond acceptors (Lipinski definition) is 2. The first-order valence-corrected chi connectivity index (χ1v) is 5.88. The van der Waals surface area contributed by atoms with E-state index in [4.69, 9.17) is 0 Å². The molecule has 0 unspecified atom stereocenters. The van der Waals surface area contributed by atoms with Crippen LogP contribution in [0, 0.1) is 17.5 Å². The number of hydrogen-bond donors (Lipinski definition) is 1. The summed E-state index contributed by atoms with van der Waals surface area (Å²) in [6, 6.07) is -0.839. The molecule has 21 heavy (non-hydrogen) atoms. The van der Waals surface area contributed by atoms with Crippen LogP contribution in [0.4, 0.5) is 22.0 Å². The maximum Gasteiger partial charge on any atom is 0.258 e. The Morgan fingerprint density at radius 1 is 0.952 bits per heavy atom. The minimum atomic E-state index is -2.95. The maximum atomic E-state index is 13.6. The zero-order valence-corrected chi connectivity index (χ0v) is 12.4. The molecule has 1 fully saturated rings. The van der Waals surface area contributed by atoms with Crippen LogP contribution in [-0.2, 0) is 0 Å². The van der Waals surface area contributed by atoms with Crippen LogP contribution in [0.1, 0.15) is 11.6 Å². The summed E-state index contributed by atoms with van der Waals surface area (Å²) in [6.45, 7) is 1.44. The van der Waals surface area contributed by atoms with Gasteiger partial charge in [0.15, 0.2) is 0 Å². The fourth-order valence-electron chi connectivity index (χ4n) is 2.26. The lowest BCUT2D eigenvalue weighted by Gasteiger charge is -2.34. The molecule has 0 radical (unpaired) electrons. The Balaban J connectivity index is 0.00000200. The fraction of sp³-hybridized carbons (Fsp3) is 0.500. The monoisotopic (exact) mass is 352 g/mol. The average Bonchev–Trinajstić information content (AvgIpc) is 2.34. The minimum Gasteiger partial charge on any atom is -0.314 e. The molecular formula is C12H15Cl2F5N2. The molecule has 2 nitrogen and oxygen atoms in total. The van der Waals surface area contributed by atoms with E-state index in [9.17, 15) is 22.0 Å². The lowest BCUT2D eigenvalue weighted by atomic mass is 10.0. The van der Waals surface area contributed by atoms with E-state index in [0.29, 0.717) is 25.2 Å². The van der Waals surface area contributed by atoms with Crippen molar-refractivity contribution in [1.29, 1.82) is 0 Å². The first kappa shape index (κ1) is 20.4. The average molecular weight is 353 g/mol. The number of halogens is 7. The summed E-state index contributed by atoms with van der Waals surface area (Å²) in [5, 5.41) is 2.96. The smallest absolute Gasteiger partial charge is 0.258 e. The van der Waals surface area contributed by atoms with Gasteiger partial charge in [-0.3, -0.25) is 4.90 Å². The van der Waals surface area contributed by atoms with Crippen LogP contribution in [0.15, 0.2) is 12.1 Å². The summed E-state index contributed by atoms with van der Waals surface area (Å²) in [4.78, 5) is 1.31. The number of benzene rings is 1. The van der Waals surface area contributed by atoms with Gasteiger partial charge < -0.3 is 5.32 Å². The third kappa shape index (κ3) is 4.67. The van der Waals surface area contributed by atoms with Gasteiger partial charge in [0.1, 0.15) is 23.5 Å². The van der Waals surface area contributed by atoms with Gasteiger partial charge in [-0.05, 0) is 0 Å². The molecule has 1 saturated heterocycles. The van der Waals surface area contributed by atoms with Gasteiger partial charge in [0.2, 0.25) is 0 Å². The standard InChI is InChI=1S/C12H13F5N2.2ClH/c13-7-5-8(14)10(9(15)6-7)11(12(16)17)19-3-1-18-2-4-19;;/h5-6,11-12,18H,1-4H2;2*1H/t11-;;/m1../s1. The van der Waals surface area contributed by atoms with Gasteiger partial charge in [0.05, 0.1) is 0 Å². The van der Waals surface area contributed by atoms with Crippen molar-refractivity contribution in [2.24, 2.45) is 0 Å². The molecule has 0 saturated carbocycles. The Kier molecular flexibility index (Phi) is 8.46. The third-order valence-corrected chi connectivity index (χ3v) is 3.12. The van der Waals surface area contributed by atoms with Crippen molar-refractivity contribution >= 4 is 24.8 Å². The summed E-state index contributed by atoms with van der Waals surface area (Å²) in [5.41, 5.74) is -0.765. The largest absolute Gasteiger partial charge is 0.314 e. The predicted molar refractivity (Wildman–Crippen MR) is 74.0 cm³/mol. The zero-order chi connectivity index (χ0) is 14.0. The van der Waals surface area contributed by atoms with Gasteiger partial charge in [-0.15, -0.1) is 24.8 Å². The van der Waals surface area contributed by atoms with Gasteiger partial charge in [-0.2, -0.15) is 0 Å². The van der Waals surface area contributed by atoms with Crippen molar-refractivity contribution in [2.75, 3.05) is 26.2 Å². The second-order valence-corrected chi connectivity index (χ2v) is 4.35. The third-order valence-electron chi connectivity index (χ3n) is 3.12. The molecule has 0 amide bonds. The number of rotatable bonds is 3. The van der Waals surface area contributed by atoms with E-state index in [2.05, 4.69) is 5.32 Å². The lowest BCUT2D eigenvalue weighted by molar-refractivity contribution is 0.0144. The molecular weight excluding hydrogens is 338 g/mol. The molecule has 1 atom stereocenters. The molecule has 2 rings (SSSR count). The molecule has 1 N–H and O–H groups in total. The summed E-state index contributed by atoms with van der Waals surface area (Å²) < 4.78 is 66.3. The number of piperazine rings is 1. The topological polar surface area (TPSA) is 15.3 Å². The molecule has 1 aromatic carbocycles. The predicted octanol–water partition coefficient (Wildman–Crippen LogP) is 3.16. The highest BCUT2D eigenvalue weighted by Crippen LogP contribution is 2.32. The van der Waals surface area contributed by atoms with Crippen molar-refractivity contribution < 1.29 is 22.0 Å². The first-order valence-electron chi connectivity index (χ1n) is 5.88. The molecule has 122 valence electrons. The first-order chi connectivity index (χ1) is 9.00. The van der Waals surface area contributed by atoms with Gasteiger partial charge in [0, 0.05) is 43.9 Å². The molecule has 0 bridgehead atoms. The second kappa shape index (κ2) is 8.73. The molecule has 0 aliphatic carbocycles. The van der Waals surface area contributed by atoms with Crippen LogP contribution in [0.3, 0.4) is 0 Å². The minimum absolute atomic E-state index is 0. The fourth-order valence-corrected chi connectivity index (χ4v) is 2.26. The van der Waals surface area contributed by atoms with Crippen LogP contribution in [0.5, 0.6) is 0 Å². The van der Waals surface area contributed by atoms with E-state index < -0.39 is 35.5 Å². The van der Waals surface area contributed by atoms with E-state index in [1.54, 1.807) is 0 Å². The summed E-state index contributed by atoms with van der Waals surface area (Å²) in [7, 11) is 0. The normalized spacial score (nSPS) is 17.0. The highest BCUT2D eigenvalue weighted by Gasteiger charge is 2.34. The summed E-state index contributed by atoms with van der Waals surface area (Å²) >= 11 is 0. The van der Waals surface area contributed by atoms with E-state index in [0.717, 1.165) is 0 Å². The van der Waals surface area contributed by atoms with Gasteiger partial charge >= 0.3 is 0 Å². The Hall–Kier alpha value is -0.630. The Morgan fingerprint density at radius 2 is 1.43 bits per heavy atom. The molecule has 0 aromatic heterocycles. The van der Waals surface area contributed by atoms with E-state index in [1.165, 1.54) is 4.90 Å². The summed E-state index contributed by atoms with van der Waals surface area (Å²) in [5.74, 6) is -3.67.